The maximum absolute atomic E-state index is 15.1. The Labute approximate surface area is 228 Å². The van der Waals surface area contributed by atoms with Crippen LogP contribution in [0.4, 0.5) is 5.69 Å². The Hall–Kier alpha value is -3.15. The molecule has 2 saturated heterocycles. The van der Waals surface area contributed by atoms with Gasteiger partial charge in [-0.2, -0.15) is 0 Å². The van der Waals surface area contributed by atoms with Gasteiger partial charge in [0.05, 0.1) is 5.41 Å². The topological polar surface area (TPSA) is 49.4 Å². The Morgan fingerprint density at radius 1 is 0.947 bits per heavy atom. The first-order valence-corrected chi connectivity index (χ1v) is 14.8. The molecule has 0 bridgehead atoms. The molecule has 1 aliphatic carbocycles. The molecule has 3 aromatic rings. The molecule has 4 nitrogen and oxygen atoms in total. The van der Waals surface area contributed by atoms with Gasteiger partial charge < -0.3 is 5.32 Å². The molecule has 1 saturated carbocycles. The summed E-state index contributed by atoms with van der Waals surface area (Å²) < 4.78 is 0. The van der Waals surface area contributed by atoms with Gasteiger partial charge in [0, 0.05) is 34.8 Å². The highest BCUT2D eigenvalue weighted by Gasteiger charge is 2.77. The smallest absolute Gasteiger partial charge is 0.250 e. The molecule has 1 amide bonds. The summed E-state index contributed by atoms with van der Waals surface area (Å²) in [5, 5.41) is 3.23. The second kappa shape index (κ2) is 8.69. The summed E-state index contributed by atoms with van der Waals surface area (Å²) in [5.41, 5.74) is 5.39. The fourth-order valence-electron chi connectivity index (χ4n) is 7.85. The fourth-order valence-corrected chi connectivity index (χ4v) is 9.16. The van der Waals surface area contributed by atoms with Crippen molar-refractivity contribution in [1.29, 1.82) is 0 Å². The third-order valence-corrected chi connectivity index (χ3v) is 10.4. The quantitative estimate of drug-likeness (QED) is 0.395. The van der Waals surface area contributed by atoms with Crippen molar-refractivity contribution < 1.29 is 9.59 Å². The summed E-state index contributed by atoms with van der Waals surface area (Å²) >= 11 is 1.88. The zero-order chi connectivity index (χ0) is 26.1. The first kappa shape index (κ1) is 23.9. The lowest BCUT2D eigenvalue weighted by Crippen LogP contribution is -2.60. The molecule has 3 heterocycles. The van der Waals surface area contributed by atoms with Crippen LogP contribution in [0, 0.1) is 19.3 Å². The van der Waals surface area contributed by atoms with Crippen molar-refractivity contribution in [3.05, 3.63) is 106 Å². The van der Waals surface area contributed by atoms with Crippen LogP contribution in [0.2, 0.25) is 0 Å². The van der Waals surface area contributed by atoms with Crippen molar-refractivity contribution in [1.82, 2.24) is 4.90 Å². The maximum atomic E-state index is 15.1. The summed E-state index contributed by atoms with van der Waals surface area (Å²) in [6.45, 7) is 4.18. The lowest BCUT2D eigenvalue weighted by atomic mass is 9.53. The molecule has 2 spiro atoms. The Bertz CT molecular complexity index is 1480. The number of hydrogen-bond donors (Lipinski definition) is 1. The van der Waals surface area contributed by atoms with Crippen LogP contribution in [-0.2, 0) is 15.1 Å². The van der Waals surface area contributed by atoms with Gasteiger partial charge in [0.15, 0.2) is 5.78 Å². The number of thioether (sulfide) groups is 1. The predicted molar refractivity (Wildman–Crippen MR) is 154 cm³/mol. The van der Waals surface area contributed by atoms with Crippen LogP contribution in [0.3, 0.4) is 0 Å². The molecule has 192 valence electrons. The van der Waals surface area contributed by atoms with Crippen LogP contribution >= 0.6 is 11.8 Å². The predicted octanol–water partition coefficient (Wildman–Crippen LogP) is 6.45. The van der Waals surface area contributed by atoms with Crippen LogP contribution < -0.4 is 5.32 Å². The molecule has 0 aromatic heterocycles. The normalized spacial score (nSPS) is 31.3. The van der Waals surface area contributed by atoms with Crippen molar-refractivity contribution >= 4 is 35.2 Å². The number of fused-ring (bicyclic) bond motifs is 5. The number of para-hydroxylation sites is 1. The molecule has 7 rings (SSSR count). The van der Waals surface area contributed by atoms with Crippen molar-refractivity contribution in [2.24, 2.45) is 5.41 Å². The third-order valence-electron chi connectivity index (χ3n) is 9.37. The maximum Gasteiger partial charge on any atom is 0.250 e. The van der Waals surface area contributed by atoms with Gasteiger partial charge in [-0.15, -0.1) is 11.8 Å². The molecule has 4 aliphatic rings. The number of hydrogen-bond acceptors (Lipinski definition) is 4. The van der Waals surface area contributed by atoms with Gasteiger partial charge in [0.1, 0.15) is 5.54 Å². The van der Waals surface area contributed by atoms with Gasteiger partial charge in [-0.25, -0.2) is 0 Å². The highest BCUT2D eigenvalue weighted by Crippen LogP contribution is 2.70. The average Bonchev–Trinajstić information content (AvgIpc) is 3.57. The first-order chi connectivity index (χ1) is 18.5. The molecule has 0 unspecified atom stereocenters. The number of allylic oxidation sites excluding steroid dienone is 1. The van der Waals surface area contributed by atoms with E-state index in [0.29, 0.717) is 6.42 Å². The zero-order valence-corrected chi connectivity index (χ0v) is 22.7. The molecular formula is C33H32N2O2S. The second-order valence-electron chi connectivity index (χ2n) is 11.4. The Kier molecular flexibility index (Phi) is 5.47. The van der Waals surface area contributed by atoms with E-state index in [4.69, 9.17) is 0 Å². The average molecular weight is 521 g/mol. The minimum absolute atomic E-state index is 0.0363. The Morgan fingerprint density at radius 3 is 2.42 bits per heavy atom. The highest BCUT2D eigenvalue weighted by atomic mass is 32.2. The standard InChI is InChI=1S/C33H32N2O2S/c1-21-9-13-23(14-10-21)18-25-6-5-17-32(30(25)36)29(24-15-11-22(2)12-16-24)28-19-38-20-35(28)33(32)26-7-3-4-8-27(26)34-31(33)37/h3-4,7-16,18,28-29H,5-6,17,19-20H2,1-2H3,(H,34,37)/b25-18+/t28-,29-,32-,33-/m0/s1. The van der Waals surface area contributed by atoms with E-state index in [-0.39, 0.29) is 23.7 Å². The number of amides is 1. The monoisotopic (exact) mass is 520 g/mol. The lowest BCUT2D eigenvalue weighted by Gasteiger charge is -2.49. The van der Waals surface area contributed by atoms with Gasteiger partial charge in [0.25, 0.3) is 5.91 Å². The van der Waals surface area contributed by atoms with E-state index in [9.17, 15) is 4.79 Å². The first-order valence-electron chi connectivity index (χ1n) is 13.6. The largest absolute Gasteiger partial charge is 0.324 e. The van der Waals surface area contributed by atoms with E-state index in [1.807, 2.05) is 30.0 Å². The number of rotatable bonds is 2. The minimum Gasteiger partial charge on any atom is -0.324 e. The van der Waals surface area contributed by atoms with E-state index in [2.05, 4.69) is 84.7 Å². The molecule has 3 aliphatic heterocycles. The van der Waals surface area contributed by atoms with Crippen LogP contribution in [0.25, 0.3) is 6.08 Å². The number of ketones is 1. The fraction of sp³-hybridized carbons (Fsp3) is 0.333. The number of aryl methyl sites for hydroxylation is 2. The number of anilines is 1. The highest BCUT2D eigenvalue weighted by molar-refractivity contribution is 7.99. The molecule has 5 heteroatoms. The number of benzene rings is 3. The third kappa shape index (κ3) is 3.09. The number of Topliss-reactive ketones (excluding diaryl/α,β-unsaturated/α-hetero) is 1. The van der Waals surface area contributed by atoms with E-state index >= 15 is 4.79 Å². The van der Waals surface area contributed by atoms with Gasteiger partial charge in [-0.05, 0) is 62.0 Å². The number of carbonyl (C=O) groups excluding carboxylic acids is 2. The van der Waals surface area contributed by atoms with E-state index in [1.165, 1.54) is 16.7 Å². The van der Waals surface area contributed by atoms with Crippen molar-refractivity contribution in [2.75, 3.05) is 16.9 Å². The summed E-state index contributed by atoms with van der Waals surface area (Å²) in [6, 6.07) is 25.2. The molecule has 0 radical (unpaired) electrons. The molecule has 38 heavy (non-hydrogen) atoms. The SMILES string of the molecule is Cc1ccc(/C=C2\CCC[C@@]3(C2=O)[C@@H](c2ccc(C)cc2)[C@@H]2CSCN2[C@@]32C(=O)Nc3ccccc32)cc1. The van der Waals surface area contributed by atoms with Crippen molar-refractivity contribution in [3.8, 4) is 0 Å². The second-order valence-corrected chi connectivity index (χ2v) is 12.4. The molecule has 4 atom stereocenters. The van der Waals surface area contributed by atoms with E-state index in [1.54, 1.807) is 0 Å². The van der Waals surface area contributed by atoms with Crippen LogP contribution in [0.1, 0.15) is 53.0 Å². The summed E-state index contributed by atoms with van der Waals surface area (Å²) in [6.07, 6.45) is 4.42. The number of nitrogens with one attached hydrogen (secondary N) is 1. The van der Waals surface area contributed by atoms with Crippen LogP contribution in [0.5, 0.6) is 0 Å². The van der Waals surface area contributed by atoms with Crippen LogP contribution in [0.15, 0.2) is 78.4 Å². The van der Waals surface area contributed by atoms with E-state index < -0.39 is 11.0 Å². The van der Waals surface area contributed by atoms with Gasteiger partial charge in [-0.3, -0.25) is 14.5 Å². The minimum atomic E-state index is -1.02. The number of carbonyl (C=O) groups is 2. The van der Waals surface area contributed by atoms with Crippen molar-refractivity contribution in [2.45, 2.75) is 50.6 Å². The summed E-state index contributed by atoms with van der Waals surface area (Å²) in [7, 11) is 0. The molecule has 1 N–H and O–H groups in total. The van der Waals surface area contributed by atoms with Gasteiger partial charge >= 0.3 is 0 Å². The Balaban J connectivity index is 1.50. The van der Waals surface area contributed by atoms with E-state index in [0.717, 1.165) is 46.9 Å². The van der Waals surface area contributed by atoms with Gasteiger partial charge in [0.2, 0.25) is 0 Å². The van der Waals surface area contributed by atoms with Gasteiger partial charge in [-0.1, -0.05) is 77.9 Å². The molecule has 3 fully saturated rings. The zero-order valence-electron chi connectivity index (χ0n) is 21.9. The molecule has 3 aromatic carbocycles. The summed E-state index contributed by atoms with van der Waals surface area (Å²) in [5.74, 6) is 1.72. The Morgan fingerprint density at radius 2 is 1.66 bits per heavy atom. The number of nitrogens with zero attached hydrogens (tertiary/aromatic N) is 1. The van der Waals surface area contributed by atoms with Crippen LogP contribution in [-0.4, -0.2) is 34.3 Å². The summed E-state index contributed by atoms with van der Waals surface area (Å²) in [4.78, 5) is 32.0. The molecular weight excluding hydrogens is 488 g/mol. The lowest BCUT2D eigenvalue weighted by molar-refractivity contribution is -0.145. The van der Waals surface area contributed by atoms with Crippen molar-refractivity contribution in [3.63, 3.8) is 0 Å².